The first-order chi connectivity index (χ1) is 13.8. The number of benzene rings is 2. The minimum Gasteiger partial charge on any atom is -0.455 e. The van der Waals surface area contributed by atoms with Gasteiger partial charge in [0.15, 0.2) is 6.61 Å². The Labute approximate surface area is 172 Å². The molecule has 2 aromatic carbocycles. The first-order valence-electron chi connectivity index (χ1n) is 8.86. The summed E-state index contributed by atoms with van der Waals surface area (Å²) >= 11 is 5.67. The molecule has 0 bridgehead atoms. The standard InChI is InChI=1S/C21H19ClFN3O3/c1-13-17(14(2)26(25-13)16-6-4-3-5-7-16)11-21(28)29-12-20(27)24-19-9-8-15(22)10-18(19)23/h3-10H,11-12H2,1-2H3,(H,24,27). The molecule has 0 saturated heterocycles. The number of nitrogens with one attached hydrogen (secondary N) is 1. The quantitative estimate of drug-likeness (QED) is 0.617. The lowest BCUT2D eigenvalue weighted by Gasteiger charge is -2.08. The molecule has 0 aliphatic carbocycles. The lowest BCUT2D eigenvalue weighted by molar-refractivity contribution is -0.146. The maximum Gasteiger partial charge on any atom is 0.310 e. The molecule has 8 heteroatoms. The number of carbonyl (C=O) groups is 2. The first-order valence-corrected chi connectivity index (χ1v) is 9.24. The molecule has 3 aromatic rings. The van der Waals surface area contributed by atoms with E-state index in [9.17, 15) is 14.0 Å². The third-order valence-corrected chi connectivity index (χ3v) is 4.57. The Morgan fingerprint density at radius 2 is 1.90 bits per heavy atom. The summed E-state index contributed by atoms with van der Waals surface area (Å²) in [5, 5.41) is 7.03. The van der Waals surface area contributed by atoms with Gasteiger partial charge < -0.3 is 10.1 Å². The highest BCUT2D eigenvalue weighted by Gasteiger charge is 2.18. The Bertz CT molecular complexity index is 1050. The molecule has 0 spiro atoms. The molecule has 0 fully saturated rings. The Kier molecular flexibility index (Phi) is 6.29. The van der Waals surface area contributed by atoms with Crippen molar-refractivity contribution in [2.24, 2.45) is 0 Å². The summed E-state index contributed by atoms with van der Waals surface area (Å²) in [5.74, 6) is -1.89. The number of esters is 1. The van der Waals surface area contributed by atoms with Crippen molar-refractivity contribution in [3.05, 3.63) is 76.3 Å². The SMILES string of the molecule is Cc1nn(-c2ccccc2)c(C)c1CC(=O)OCC(=O)Nc1ccc(Cl)cc1F. The Balaban J connectivity index is 1.60. The molecular weight excluding hydrogens is 397 g/mol. The van der Waals surface area contributed by atoms with Crippen molar-refractivity contribution in [2.45, 2.75) is 20.3 Å². The van der Waals surface area contributed by atoms with E-state index in [2.05, 4.69) is 10.4 Å². The van der Waals surface area contributed by atoms with Crippen LogP contribution in [0.15, 0.2) is 48.5 Å². The van der Waals surface area contributed by atoms with Crippen molar-refractivity contribution in [1.29, 1.82) is 0 Å². The van der Waals surface area contributed by atoms with Crippen LogP contribution in [0.25, 0.3) is 5.69 Å². The van der Waals surface area contributed by atoms with Gasteiger partial charge in [-0.15, -0.1) is 0 Å². The van der Waals surface area contributed by atoms with Crippen LogP contribution < -0.4 is 5.32 Å². The molecule has 1 amide bonds. The minimum atomic E-state index is -0.670. The number of hydrogen-bond donors (Lipinski definition) is 1. The summed E-state index contributed by atoms with van der Waals surface area (Å²) in [6, 6.07) is 13.4. The Morgan fingerprint density at radius 3 is 2.59 bits per heavy atom. The molecule has 0 atom stereocenters. The van der Waals surface area contributed by atoms with E-state index in [0.717, 1.165) is 23.0 Å². The van der Waals surface area contributed by atoms with Crippen LogP contribution in [0, 0.1) is 19.7 Å². The molecule has 0 unspecified atom stereocenters. The number of rotatable bonds is 6. The average molecular weight is 416 g/mol. The maximum atomic E-state index is 13.7. The van der Waals surface area contributed by atoms with E-state index in [1.165, 1.54) is 12.1 Å². The molecule has 0 aliphatic heterocycles. The molecule has 3 rings (SSSR count). The molecule has 0 aliphatic rings. The predicted molar refractivity (Wildman–Crippen MR) is 108 cm³/mol. The molecule has 1 aromatic heterocycles. The zero-order chi connectivity index (χ0) is 21.0. The van der Waals surface area contributed by atoms with Crippen LogP contribution in [0.3, 0.4) is 0 Å². The van der Waals surface area contributed by atoms with Gasteiger partial charge in [-0.05, 0) is 44.2 Å². The molecule has 1 heterocycles. The summed E-state index contributed by atoms with van der Waals surface area (Å²) in [7, 11) is 0. The second-order valence-electron chi connectivity index (χ2n) is 6.41. The van der Waals surface area contributed by atoms with Crippen molar-refractivity contribution >= 4 is 29.2 Å². The van der Waals surface area contributed by atoms with E-state index in [0.29, 0.717) is 5.69 Å². The van der Waals surface area contributed by atoms with Crippen molar-refractivity contribution in [3.63, 3.8) is 0 Å². The average Bonchev–Trinajstić information content (AvgIpc) is 2.97. The van der Waals surface area contributed by atoms with Gasteiger partial charge in [-0.1, -0.05) is 29.8 Å². The van der Waals surface area contributed by atoms with Crippen LogP contribution in [0.5, 0.6) is 0 Å². The van der Waals surface area contributed by atoms with Gasteiger partial charge >= 0.3 is 5.97 Å². The van der Waals surface area contributed by atoms with E-state index in [1.807, 2.05) is 44.2 Å². The topological polar surface area (TPSA) is 73.2 Å². The fraction of sp³-hybridized carbons (Fsp3) is 0.190. The lowest BCUT2D eigenvalue weighted by Crippen LogP contribution is -2.22. The zero-order valence-electron chi connectivity index (χ0n) is 15.9. The van der Waals surface area contributed by atoms with E-state index in [1.54, 1.807) is 4.68 Å². The molecular formula is C21H19ClFN3O3. The summed E-state index contributed by atoms with van der Waals surface area (Å²) in [6.45, 7) is 3.16. The number of carbonyl (C=O) groups excluding carboxylic acids is 2. The summed E-state index contributed by atoms with van der Waals surface area (Å²) in [6.07, 6.45) is -0.0207. The van der Waals surface area contributed by atoms with Crippen LogP contribution in [-0.4, -0.2) is 28.3 Å². The third kappa shape index (κ3) is 5.00. The van der Waals surface area contributed by atoms with Gasteiger partial charge in [0.1, 0.15) is 5.82 Å². The summed E-state index contributed by atoms with van der Waals surface area (Å²) in [5.41, 5.74) is 3.11. The highest BCUT2D eigenvalue weighted by atomic mass is 35.5. The fourth-order valence-corrected chi connectivity index (χ4v) is 3.03. The molecule has 0 saturated carbocycles. The monoisotopic (exact) mass is 415 g/mol. The molecule has 0 radical (unpaired) electrons. The molecule has 150 valence electrons. The van der Waals surface area contributed by atoms with Gasteiger partial charge in [0.25, 0.3) is 5.91 Å². The lowest BCUT2D eigenvalue weighted by atomic mass is 10.1. The first kappa shape index (κ1) is 20.5. The van der Waals surface area contributed by atoms with Crippen molar-refractivity contribution in [2.75, 3.05) is 11.9 Å². The molecule has 6 nitrogen and oxygen atoms in total. The van der Waals surface area contributed by atoms with Crippen molar-refractivity contribution in [3.8, 4) is 5.69 Å². The molecule has 1 N–H and O–H groups in total. The van der Waals surface area contributed by atoms with Gasteiger partial charge in [0.05, 0.1) is 23.5 Å². The number of aromatic nitrogens is 2. The van der Waals surface area contributed by atoms with Crippen LogP contribution in [0.2, 0.25) is 5.02 Å². The smallest absolute Gasteiger partial charge is 0.310 e. The predicted octanol–water partition coefficient (Wildman–Crippen LogP) is 4.01. The third-order valence-electron chi connectivity index (χ3n) is 4.33. The van der Waals surface area contributed by atoms with Crippen LogP contribution in [-0.2, 0) is 20.7 Å². The van der Waals surface area contributed by atoms with Crippen LogP contribution >= 0.6 is 11.6 Å². The normalized spacial score (nSPS) is 10.6. The number of aryl methyl sites for hydroxylation is 1. The fourth-order valence-electron chi connectivity index (χ4n) is 2.87. The van der Waals surface area contributed by atoms with E-state index in [4.69, 9.17) is 16.3 Å². The van der Waals surface area contributed by atoms with Gasteiger partial charge in [0, 0.05) is 16.3 Å². The Morgan fingerprint density at radius 1 is 1.17 bits per heavy atom. The van der Waals surface area contributed by atoms with Gasteiger partial charge in [-0.2, -0.15) is 5.10 Å². The highest BCUT2D eigenvalue weighted by molar-refractivity contribution is 6.30. The van der Waals surface area contributed by atoms with Gasteiger partial charge in [0.2, 0.25) is 0 Å². The second kappa shape index (κ2) is 8.87. The summed E-state index contributed by atoms with van der Waals surface area (Å²) < 4.78 is 20.5. The Hall–Kier alpha value is -3.19. The van der Waals surface area contributed by atoms with Crippen LogP contribution in [0.1, 0.15) is 17.0 Å². The number of para-hydroxylation sites is 1. The van der Waals surface area contributed by atoms with Crippen molar-refractivity contribution in [1.82, 2.24) is 9.78 Å². The van der Waals surface area contributed by atoms with Crippen LogP contribution in [0.4, 0.5) is 10.1 Å². The number of hydrogen-bond acceptors (Lipinski definition) is 4. The minimum absolute atomic E-state index is 0.0207. The van der Waals surface area contributed by atoms with E-state index < -0.39 is 24.3 Å². The number of halogens is 2. The highest BCUT2D eigenvalue weighted by Crippen LogP contribution is 2.20. The van der Waals surface area contributed by atoms with Gasteiger partial charge in [-0.25, -0.2) is 9.07 Å². The van der Waals surface area contributed by atoms with Crippen molar-refractivity contribution < 1.29 is 18.7 Å². The zero-order valence-corrected chi connectivity index (χ0v) is 16.7. The second-order valence-corrected chi connectivity index (χ2v) is 6.84. The number of ether oxygens (including phenoxy) is 1. The summed E-state index contributed by atoms with van der Waals surface area (Å²) in [4.78, 5) is 24.1. The number of nitrogens with zero attached hydrogens (tertiary/aromatic N) is 2. The maximum absolute atomic E-state index is 13.7. The number of anilines is 1. The number of amides is 1. The van der Waals surface area contributed by atoms with E-state index in [-0.39, 0.29) is 17.1 Å². The van der Waals surface area contributed by atoms with E-state index >= 15 is 0 Å². The largest absolute Gasteiger partial charge is 0.455 e. The molecule has 29 heavy (non-hydrogen) atoms. The van der Waals surface area contributed by atoms with Gasteiger partial charge in [-0.3, -0.25) is 9.59 Å².